The largest absolute Gasteiger partial charge is 0.519 e. The number of nitro groups is 2. The standard InChI is InChI=1S/C65H88N18O21/c1-41(2)57(78-55(84)39-101-33-31-99-29-27-97-25-23-72-80-68)61(88)76-51(7-5-21-70-63(66)90)59(86)74-47-13-9-43(10-14-47)35-45-37-49(82(93)94)17-19-53(45)103-65(92)104-54-20-18-50(83(95)96)38-46(54)36-44-11-15-48(16-12-44)75-60(87)52(8-6-22-71-64(67)91)77-62(89)58(42(3)4)79-56(85)40-102-34-32-100-30-28-98-26-24-73-81-69/h9-20,37-38,41-42,51-52,57-58H,5-8,21-36,39-40H2,1-4H3,(H,74,86)(H,75,87)(H,76,88)(H,77,89)(H,78,84)(H,79,85)(H3,66,70,90)(H3,67,71,91)/t51-,52-,57-,58-/m0/s1. The van der Waals surface area contributed by atoms with Gasteiger partial charge in [0.1, 0.15) is 48.9 Å². The van der Waals surface area contributed by atoms with E-state index < -0.39 is 113 Å². The number of nitro benzene ring substituents is 2. The number of hydrogen-bond acceptors (Lipinski definition) is 23. The van der Waals surface area contributed by atoms with Gasteiger partial charge in [0.15, 0.2) is 0 Å². The molecular formula is C65H88N18O21. The Balaban J connectivity index is 1.42. The highest BCUT2D eigenvalue weighted by molar-refractivity contribution is 5.99. The van der Waals surface area contributed by atoms with Gasteiger partial charge < -0.3 is 91.9 Å². The molecule has 12 N–H and O–H groups in total. The van der Waals surface area contributed by atoms with E-state index >= 15 is 0 Å². The number of rotatable bonds is 50. The molecule has 4 aromatic carbocycles. The van der Waals surface area contributed by atoms with Crippen LogP contribution in [0.4, 0.5) is 37.1 Å². The Morgan fingerprint density at radius 3 is 1.15 bits per heavy atom. The van der Waals surface area contributed by atoms with Crippen LogP contribution in [0.5, 0.6) is 11.5 Å². The number of benzene rings is 4. The molecule has 104 heavy (non-hydrogen) atoms. The first kappa shape index (κ1) is 85.1. The lowest BCUT2D eigenvalue weighted by Gasteiger charge is -2.25. The van der Waals surface area contributed by atoms with Gasteiger partial charge in [-0.15, -0.1) is 0 Å². The van der Waals surface area contributed by atoms with E-state index in [-0.39, 0.29) is 176 Å². The maximum atomic E-state index is 13.9. The van der Waals surface area contributed by atoms with Gasteiger partial charge in [0.25, 0.3) is 11.4 Å². The van der Waals surface area contributed by atoms with Crippen molar-refractivity contribution < 1.29 is 90.9 Å². The summed E-state index contributed by atoms with van der Waals surface area (Å²) >= 11 is 0. The molecule has 0 saturated heterocycles. The second kappa shape index (κ2) is 47.7. The van der Waals surface area contributed by atoms with E-state index in [1.165, 1.54) is 48.5 Å². The van der Waals surface area contributed by atoms with Gasteiger partial charge in [0.2, 0.25) is 35.4 Å². The summed E-state index contributed by atoms with van der Waals surface area (Å²) < 4.78 is 43.3. The number of amides is 10. The predicted molar refractivity (Wildman–Crippen MR) is 373 cm³/mol. The summed E-state index contributed by atoms with van der Waals surface area (Å²) in [6, 6.07) is 13.1. The summed E-state index contributed by atoms with van der Waals surface area (Å²) in [4.78, 5) is 145. The minimum Gasteiger partial charge on any atom is -0.394 e. The van der Waals surface area contributed by atoms with Crippen molar-refractivity contribution in [2.45, 2.75) is 90.4 Å². The number of azide groups is 2. The second-order valence-electron chi connectivity index (χ2n) is 23.3. The molecule has 0 heterocycles. The zero-order chi connectivity index (χ0) is 76.2. The van der Waals surface area contributed by atoms with Crippen molar-refractivity contribution in [3.05, 3.63) is 148 Å². The van der Waals surface area contributed by atoms with Gasteiger partial charge in [-0.05, 0) is 96.1 Å². The molecule has 4 atom stereocenters. The van der Waals surface area contributed by atoms with Crippen molar-refractivity contribution in [3.8, 4) is 11.5 Å². The van der Waals surface area contributed by atoms with Crippen molar-refractivity contribution in [1.29, 1.82) is 0 Å². The van der Waals surface area contributed by atoms with Gasteiger partial charge in [-0.2, -0.15) is 0 Å². The average Bonchev–Trinajstić information content (AvgIpc) is 0.851. The van der Waals surface area contributed by atoms with Crippen LogP contribution in [-0.2, 0) is 70.0 Å². The summed E-state index contributed by atoms with van der Waals surface area (Å²) in [5.41, 5.74) is 28.2. The molecule has 0 fully saturated rings. The Bertz CT molecular complexity index is 3370. The van der Waals surface area contributed by atoms with Crippen molar-refractivity contribution in [1.82, 2.24) is 31.9 Å². The highest BCUT2D eigenvalue weighted by Gasteiger charge is 2.31. The fourth-order valence-electron chi connectivity index (χ4n) is 9.45. The van der Waals surface area contributed by atoms with Crippen molar-refractivity contribution in [3.63, 3.8) is 0 Å². The van der Waals surface area contributed by atoms with Crippen LogP contribution in [0.15, 0.2) is 95.2 Å². The molecule has 39 nitrogen and oxygen atoms in total. The molecule has 4 aromatic rings. The number of carbonyl (C=O) groups excluding carboxylic acids is 9. The number of hydrogen-bond donors (Lipinski definition) is 10. The molecule has 0 aliphatic carbocycles. The van der Waals surface area contributed by atoms with E-state index in [2.05, 4.69) is 62.6 Å². The van der Waals surface area contributed by atoms with Crippen LogP contribution in [0, 0.1) is 32.1 Å². The van der Waals surface area contributed by atoms with Gasteiger partial charge in [0.05, 0.1) is 75.9 Å². The van der Waals surface area contributed by atoms with Crippen LogP contribution in [0.25, 0.3) is 20.9 Å². The Morgan fingerprint density at radius 2 is 0.827 bits per heavy atom. The van der Waals surface area contributed by atoms with Gasteiger partial charge in [-0.3, -0.25) is 49.0 Å². The monoisotopic (exact) mass is 1460 g/mol. The zero-order valence-electron chi connectivity index (χ0n) is 57.9. The number of anilines is 2. The van der Waals surface area contributed by atoms with Crippen LogP contribution < -0.4 is 63.5 Å². The fraction of sp³-hybridized carbons (Fsp3) is 0.492. The van der Waals surface area contributed by atoms with Crippen LogP contribution >= 0.6 is 0 Å². The molecule has 0 aliphatic rings. The van der Waals surface area contributed by atoms with Crippen LogP contribution in [0.2, 0.25) is 0 Å². The van der Waals surface area contributed by atoms with Gasteiger partial charge >= 0.3 is 18.2 Å². The third kappa shape index (κ3) is 33.9. The lowest BCUT2D eigenvalue weighted by atomic mass is 10.0. The smallest absolute Gasteiger partial charge is 0.394 e. The highest BCUT2D eigenvalue weighted by atomic mass is 16.7. The van der Waals surface area contributed by atoms with Crippen molar-refractivity contribution >= 4 is 76.4 Å². The Labute approximate surface area is 597 Å². The SMILES string of the molecule is CC(C)[C@H](NC(=O)COCCOCCOCCN=[N+]=[N-])C(=O)N[C@@H](CCCNC(N)=O)C(=O)Nc1ccc(Cc2cc([N+](=O)[O-])ccc2OC(=O)Oc2ccc([N+](=O)[O-])cc2Cc2ccc(NC(=O)[C@H](CCCNC(N)=O)NC(=O)[C@@H](NC(=O)COCCOCCOCCN=[N+]=[N-])C(C)C)cc2)cc1. The summed E-state index contributed by atoms with van der Waals surface area (Å²) in [6.45, 7) is 8.24. The summed E-state index contributed by atoms with van der Waals surface area (Å²) in [6.07, 6.45) is -1.08. The van der Waals surface area contributed by atoms with Crippen LogP contribution in [-0.4, -0.2) is 193 Å². The molecule has 0 aromatic heterocycles. The maximum Gasteiger partial charge on any atom is 0.519 e. The molecule has 0 aliphatic heterocycles. The third-order valence-electron chi connectivity index (χ3n) is 14.6. The first-order valence-corrected chi connectivity index (χ1v) is 32.9. The molecule has 0 bridgehead atoms. The number of nitrogens with two attached hydrogens (primary N) is 2. The maximum absolute atomic E-state index is 13.9. The van der Waals surface area contributed by atoms with E-state index in [1.807, 2.05) is 0 Å². The first-order valence-electron chi connectivity index (χ1n) is 32.9. The Kier molecular flexibility index (Phi) is 39.1. The number of non-ortho nitro benzene ring substituents is 2. The quantitative estimate of drug-likeness (QED) is 0.00406. The first-order chi connectivity index (χ1) is 49.9. The number of urea groups is 2. The number of nitrogens with one attached hydrogen (secondary N) is 8. The van der Waals surface area contributed by atoms with Crippen LogP contribution in [0.1, 0.15) is 75.6 Å². The fourth-order valence-corrected chi connectivity index (χ4v) is 9.45. The lowest BCUT2D eigenvalue weighted by Crippen LogP contribution is -2.55. The molecule has 564 valence electrons. The molecule has 0 radical (unpaired) electrons. The van der Waals surface area contributed by atoms with Gasteiger partial charge in [-0.25, -0.2) is 14.4 Å². The van der Waals surface area contributed by atoms with Gasteiger partial charge in [-0.1, -0.05) is 62.2 Å². The van der Waals surface area contributed by atoms with Gasteiger partial charge in [0, 0.05) is 95.6 Å². The summed E-state index contributed by atoms with van der Waals surface area (Å²) in [7, 11) is 0. The van der Waals surface area contributed by atoms with E-state index in [0.29, 0.717) is 11.1 Å². The lowest BCUT2D eigenvalue weighted by molar-refractivity contribution is -0.385. The molecule has 10 amide bonds. The zero-order valence-corrected chi connectivity index (χ0v) is 57.9. The van der Waals surface area contributed by atoms with E-state index in [0.717, 1.165) is 12.1 Å². The third-order valence-corrected chi connectivity index (χ3v) is 14.6. The van der Waals surface area contributed by atoms with E-state index in [1.54, 1.807) is 52.0 Å². The minimum absolute atomic E-state index is 0.0141. The topological polar surface area (TPSA) is 560 Å². The normalized spacial score (nSPS) is 12.0. The molecule has 0 spiro atoms. The van der Waals surface area contributed by atoms with Crippen molar-refractivity contribution in [2.24, 2.45) is 33.5 Å². The van der Waals surface area contributed by atoms with Crippen LogP contribution in [0.3, 0.4) is 0 Å². The Morgan fingerprint density at radius 1 is 0.481 bits per heavy atom. The minimum atomic E-state index is -1.33. The highest BCUT2D eigenvalue weighted by Crippen LogP contribution is 2.31. The predicted octanol–water partition coefficient (Wildman–Crippen LogP) is 5.01. The number of primary amides is 2. The molecule has 39 heteroatoms. The molecule has 0 unspecified atom stereocenters. The number of nitrogens with zero attached hydrogens (tertiary/aromatic N) is 8. The Hall–Kier alpha value is -11.3. The summed E-state index contributed by atoms with van der Waals surface area (Å²) in [5.74, 6) is -5.17. The molecular weight excluding hydrogens is 1370 g/mol. The summed E-state index contributed by atoms with van der Waals surface area (Å²) in [5, 5.41) is 51.7. The molecule has 0 saturated carbocycles. The number of ether oxygens (including phenoxy) is 8. The van der Waals surface area contributed by atoms with Crippen molar-refractivity contribution in [2.75, 3.05) is 116 Å². The second-order valence-corrected chi connectivity index (χ2v) is 23.3. The van der Waals surface area contributed by atoms with E-state index in [4.69, 9.17) is 60.4 Å². The van der Waals surface area contributed by atoms with E-state index in [9.17, 15) is 63.4 Å². The average molecular weight is 1460 g/mol. The molecule has 4 rings (SSSR count). The number of carbonyl (C=O) groups is 9.